The summed E-state index contributed by atoms with van der Waals surface area (Å²) >= 11 is 0. The summed E-state index contributed by atoms with van der Waals surface area (Å²) < 4.78 is 0. The molecule has 0 saturated heterocycles. The molecule has 0 aromatic carbocycles. The van der Waals surface area contributed by atoms with Gasteiger partial charge in [-0.3, -0.25) is 4.79 Å². The van der Waals surface area contributed by atoms with E-state index in [9.17, 15) is 4.79 Å². The zero-order chi connectivity index (χ0) is 10.1. The first-order chi connectivity index (χ1) is 6.20. The van der Waals surface area contributed by atoms with Gasteiger partial charge in [-0.1, -0.05) is 25.2 Å². The van der Waals surface area contributed by atoms with Crippen LogP contribution in [0.15, 0.2) is 24.3 Å². The Labute approximate surface area is 81.5 Å². The average Bonchev–Trinajstić information content (AvgIpc) is 2.12. The van der Waals surface area contributed by atoms with Crippen molar-refractivity contribution in [1.29, 1.82) is 0 Å². The Morgan fingerprint density at radius 2 is 2.00 bits per heavy atom. The maximum absolute atomic E-state index is 11.1. The largest absolute Gasteiger partial charge is 0.295 e. The molecule has 0 aromatic heterocycles. The van der Waals surface area contributed by atoms with Crippen molar-refractivity contribution in [3.05, 3.63) is 24.3 Å². The van der Waals surface area contributed by atoms with E-state index in [0.717, 1.165) is 12.8 Å². The number of rotatable bonds is 6. The molecule has 0 aromatic rings. The predicted octanol–water partition coefficient (Wildman–Crippen LogP) is 3.51. The van der Waals surface area contributed by atoms with Crippen molar-refractivity contribution in [2.24, 2.45) is 5.92 Å². The Balaban J connectivity index is 3.57. The molecule has 0 N–H and O–H groups in total. The number of ketones is 1. The fourth-order valence-corrected chi connectivity index (χ4v) is 1.14. The van der Waals surface area contributed by atoms with Crippen LogP contribution in [-0.4, -0.2) is 5.78 Å². The van der Waals surface area contributed by atoms with E-state index < -0.39 is 0 Å². The van der Waals surface area contributed by atoms with Gasteiger partial charge in [-0.2, -0.15) is 0 Å². The lowest BCUT2D eigenvalue weighted by molar-refractivity contribution is -0.114. The molecule has 0 aliphatic rings. The fraction of sp³-hybridized carbons (Fsp3) is 0.583. The summed E-state index contributed by atoms with van der Waals surface area (Å²) in [5.74, 6) is 0.861. The summed E-state index contributed by atoms with van der Waals surface area (Å²) in [4.78, 5) is 11.1. The first kappa shape index (κ1) is 12.2. The summed E-state index contributed by atoms with van der Waals surface area (Å²) in [5, 5.41) is 0. The Morgan fingerprint density at radius 3 is 2.54 bits per heavy atom. The third-order valence-electron chi connectivity index (χ3n) is 2.01. The molecule has 1 unspecified atom stereocenters. The van der Waals surface area contributed by atoms with E-state index >= 15 is 0 Å². The topological polar surface area (TPSA) is 17.1 Å². The highest BCUT2D eigenvalue weighted by Crippen LogP contribution is 2.11. The van der Waals surface area contributed by atoms with Crippen LogP contribution in [0, 0.1) is 5.92 Å². The van der Waals surface area contributed by atoms with Gasteiger partial charge in [0.15, 0.2) is 5.78 Å². The van der Waals surface area contributed by atoms with Gasteiger partial charge in [0.25, 0.3) is 0 Å². The van der Waals surface area contributed by atoms with Crippen molar-refractivity contribution in [3.8, 4) is 0 Å². The van der Waals surface area contributed by atoms with Crippen LogP contribution >= 0.6 is 0 Å². The molecular formula is C12H20O. The first-order valence-electron chi connectivity index (χ1n) is 4.97. The third-order valence-corrected chi connectivity index (χ3v) is 2.01. The van der Waals surface area contributed by atoms with Crippen LogP contribution in [0.25, 0.3) is 0 Å². The lowest BCUT2D eigenvalue weighted by Gasteiger charge is -2.05. The van der Waals surface area contributed by atoms with E-state index in [1.165, 1.54) is 0 Å². The van der Waals surface area contributed by atoms with Gasteiger partial charge >= 0.3 is 0 Å². The van der Waals surface area contributed by atoms with Crippen molar-refractivity contribution in [2.75, 3.05) is 0 Å². The maximum atomic E-state index is 11.1. The highest BCUT2D eigenvalue weighted by Gasteiger charge is 2.02. The van der Waals surface area contributed by atoms with Crippen molar-refractivity contribution < 1.29 is 4.79 Å². The molecule has 1 heteroatoms. The van der Waals surface area contributed by atoms with Gasteiger partial charge in [-0.05, 0) is 38.7 Å². The molecule has 0 saturated carbocycles. The third kappa shape index (κ3) is 7.51. The molecule has 1 nitrogen and oxygen atoms in total. The lowest BCUT2D eigenvalue weighted by atomic mass is 10.00. The van der Waals surface area contributed by atoms with E-state index in [1.54, 1.807) is 12.2 Å². The highest BCUT2D eigenvalue weighted by molar-refractivity contribution is 5.89. The Bertz CT molecular complexity index is 189. The highest BCUT2D eigenvalue weighted by atomic mass is 16.1. The van der Waals surface area contributed by atoms with Crippen molar-refractivity contribution >= 4 is 5.78 Å². The van der Waals surface area contributed by atoms with E-state index in [-0.39, 0.29) is 5.78 Å². The Morgan fingerprint density at radius 1 is 1.31 bits per heavy atom. The van der Waals surface area contributed by atoms with E-state index in [4.69, 9.17) is 0 Å². The predicted molar refractivity (Wildman–Crippen MR) is 57.7 cm³/mol. The van der Waals surface area contributed by atoms with Gasteiger partial charge in [0.1, 0.15) is 0 Å². The summed E-state index contributed by atoms with van der Waals surface area (Å²) in [6, 6.07) is 0. The van der Waals surface area contributed by atoms with Crippen LogP contribution in [0.5, 0.6) is 0 Å². The van der Waals surface area contributed by atoms with E-state index in [2.05, 4.69) is 19.1 Å². The quantitative estimate of drug-likeness (QED) is 0.451. The van der Waals surface area contributed by atoms with E-state index in [1.807, 2.05) is 13.8 Å². The Hall–Kier alpha value is -0.850. The number of allylic oxidation sites excluding steroid dienone is 4. The number of hydrogen-bond acceptors (Lipinski definition) is 1. The summed E-state index contributed by atoms with van der Waals surface area (Å²) in [7, 11) is 0. The zero-order valence-electron chi connectivity index (χ0n) is 8.92. The molecule has 0 fully saturated rings. The first-order valence-corrected chi connectivity index (χ1v) is 4.97. The zero-order valence-corrected chi connectivity index (χ0v) is 8.92. The summed E-state index contributed by atoms with van der Waals surface area (Å²) in [6.45, 7) is 6.09. The molecule has 0 aliphatic carbocycles. The average molecular weight is 180 g/mol. The fourth-order valence-electron chi connectivity index (χ4n) is 1.14. The van der Waals surface area contributed by atoms with Crippen LogP contribution in [-0.2, 0) is 4.79 Å². The van der Waals surface area contributed by atoms with Crippen molar-refractivity contribution in [2.45, 2.75) is 40.0 Å². The van der Waals surface area contributed by atoms with Gasteiger partial charge in [0.05, 0.1) is 0 Å². The molecule has 13 heavy (non-hydrogen) atoms. The van der Waals surface area contributed by atoms with Gasteiger partial charge in [0.2, 0.25) is 0 Å². The number of hydrogen-bond donors (Lipinski definition) is 0. The number of carbonyl (C=O) groups is 1. The molecule has 0 heterocycles. The van der Waals surface area contributed by atoms with Crippen LogP contribution < -0.4 is 0 Å². The standard InChI is InChI=1S/C12H20O/c1-4-6-8-11(3)9-10-12(13)7-5-2/h4-7,11H,8-10H2,1-3H3/b6-4?,7-5+. The van der Waals surface area contributed by atoms with Crippen LogP contribution in [0.1, 0.15) is 40.0 Å². The van der Waals surface area contributed by atoms with Crippen LogP contribution in [0.2, 0.25) is 0 Å². The molecular weight excluding hydrogens is 160 g/mol. The number of carbonyl (C=O) groups excluding carboxylic acids is 1. The second-order valence-corrected chi connectivity index (χ2v) is 3.41. The minimum absolute atomic E-state index is 0.245. The van der Waals surface area contributed by atoms with Gasteiger partial charge in [-0.25, -0.2) is 0 Å². The van der Waals surface area contributed by atoms with Crippen molar-refractivity contribution in [3.63, 3.8) is 0 Å². The Kier molecular flexibility index (Phi) is 7.27. The summed E-state index contributed by atoms with van der Waals surface area (Å²) in [6.07, 6.45) is 10.4. The minimum Gasteiger partial charge on any atom is -0.295 e. The maximum Gasteiger partial charge on any atom is 0.155 e. The molecule has 0 spiro atoms. The van der Waals surface area contributed by atoms with Gasteiger partial charge in [0, 0.05) is 6.42 Å². The molecule has 0 aliphatic heterocycles. The van der Waals surface area contributed by atoms with Crippen LogP contribution in [0.4, 0.5) is 0 Å². The molecule has 0 bridgehead atoms. The minimum atomic E-state index is 0.245. The van der Waals surface area contributed by atoms with Gasteiger partial charge in [-0.15, -0.1) is 0 Å². The summed E-state index contributed by atoms with van der Waals surface area (Å²) in [5.41, 5.74) is 0. The smallest absolute Gasteiger partial charge is 0.155 e. The molecule has 74 valence electrons. The second kappa shape index (κ2) is 7.78. The van der Waals surface area contributed by atoms with Crippen LogP contribution in [0.3, 0.4) is 0 Å². The van der Waals surface area contributed by atoms with Crippen molar-refractivity contribution in [1.82, 2.24) is 0 Å². The monoisotopic (exact) mass is 180 g/mol. The van der Waals surface area contributed by atoms with E-state index in [0.29, 0.717) is 12.3 Å². The SMILES string of the molecule is CC=CCC(C)CCC(=O)/C=C/C. The molecule has 1 atom stereocenters. The normalized spacial score (nSPS) is 14.1. The van der Waals surface area contributed by atoms with Gasteiger partial charge < -0.3 is 0 Å². The molecule has 0 amide bonds. The lowest BCUT2D eigenvalue weighted by Crippen LogP contribution is -1.98. The molecule has 0 radical (unpaired) electrons. The molecule has 0 rings (SSSR count). The second-order valence-electron chi connectivity index (χ2n) is 3.41.